The molecular weight excluding hydrogens is 468 g/mol. The molecule has 170 valence electrons. The van der Waals surface area contributed by atoms with Gasteiger partial charge < -0.3 is 4.98 Å². The molecule has 1 amide bonds. The quantitative estimate of drug-likeness (QED) is 0.233. The van der Waals surface area contributed by atoms with E-state index in [0.29, 0.717) is 33.3 Å². The zero-order chi connectivity index (χ0) is 23.5. The van der Waals surface area contributed by atoms with E-state index in [1.54, 1.807) is 18.2 Å². The first-order valence-corrected chi connectivity index (χ1v) is 12.2. The first kappa shape index (κ1) is 22.3. The van der Waals surface area contributed by atoms with Crippen molar-refractivity contribution in [1.29, 1.82) is 0 Å². The predicted octanol–water partition coefficient (Wildman–Crippen LogP) is 5.53. The molecule has 0 spiro atoms. The number of benzene rings is 3. The first-order valence-electron chi connectivity index (χ1n) is 10.8. The number of fused-ring (bicyclic) bond motifs is 2. The molecule has 0 aliphatic heterocycles. The molecule has 8 heteroatoms. The Morgan fingerprint density at radius 2 is 1.74 bits per heavy atom. The normalized spacial score (nSPS) is 11.2. The highest BCUT2D eigenvalue weighted by Crippen LogP contribution is 2.23. The third-order valence-electron chi connectivity index (χ3n) is 5.56. The maximum Gasteiger partial charge on any atom is 0.281 e. The molecule has 3 aromatic carbocycles. The molecule has 0 atom stereocenters. The van der Waals surface area contributed by atoms with Crippen LogP contribution in [0.2, 0.25) is 5.02 Å². The van der Waals surface area contributed by atoms with Crippen LogP contribution in [0.3, 0.4) is 0 Å². The number of amides is 1. The predicted molar refractivity (Wildman–Crippen MR) is 138 cm³/mol. The van der Waals surface area contributed by atoms with Crippen LogP contribution < -0.4 is 11.0 Å². The molecule has 0 aliphatic carbocycles. The molecule has 2 aromatic heterocycles. The highest BCUT2D eigenvalue weighted by molar-refractivity contribution is 7.98. The van der Waals surface area contributed by atoms with Crippen LogP contribution in [0.5, 0.6) is 0 Å². The molecule has 34 heavy (non-hydrogen) atoms. The molecule has 0 radical (unpaired) electrons. The fourth-order valence-corrected chi connectivity index (χ4v) is 4.84. The second-order valence-electron chi connectivity index (χ2n) is 7.86. The van der Waals surface area contributed by atoms with Crippen molar-refractivity contribution in [3.05, 3.63) is 105 Å². The number of rotatable bonds is 7. The first-order chi connectivity index (χ1) is 16.6. The number of aromatic amines is 1. The summed E-state index contributed by atoms with van der Waals surface area (Å²) in [5.74, 6) is 0.325. The minimum Gasteiger partial charge on any atom is -0.361 e. The Bertz CT molecular complexity index is 1540. The van der Waals surface area contributed by atoms with E-state index in [9.17, 15) is 9.59 Å². The summed E-state index contributed by atoms with van der Waals surface area (Å²) in [6.45, 7) is 0. The Hall–Kier alpha value is -3.55. The van der Waals surface area contributed by atoms with Crippen LogP contribution in [-0.2, 0) is 17.0 Å². The van der Waals surface area contributed by atoms with Crippen LogP contribution >= 0.6 is 23.4 Å². The lowest BCUT2D eigenvalue weighted by Crippen LogP contribution is -2.35. The van der Waals surface area contributed by atoms with E-state index >= 15 is 0 Å². The van der Waals surface area contributed by atoms with Crippen LogP contribution in [0.1, 0.15) is 17.5 Å². The third-order valence-corrected chi connectivity index (χ3v) is 6.82. The molecule has 6 nitrogen and oxygen atoms in total. The number of carbonyl (C=O) groups is 1. The summed E-state index contributed by atoms with van der Waals surface area (Å²) in [7, 11) is 0. The monoisotopic (exact) mass is 488 g/mol. The number of para-hydroxylation sites is 2. The standard InChI is InChI=1S/C26H21ClN4O2S/c27-19-12-9-17(10-13-19)16-34-26-29-23-8-4-2-6-21(23)25(33)31(26)30-24(32)14-11-18-15-28-22-7-3-1-5-20(18)22/h1-10,12-13,15,28H,11,14,16H2,(H,30,32). The van der Waals surface area contributed by atoms with Gasteiger partial charge >= 0.3 is 0 Å². The van der Waals surface area contributed by atoms with Gasteiger partial charge in [0.2, 0.25) is 5.91 Å². The summed E-state index contributed by atoms with van der Waals surface area (Å²) in [5.41, 5.74) is 6.20. The van der Waals surface area contributed by atoms with Crippen molar-refractivity contribution in [3.8, 4) is 0 Å². The van der Waals surface area contributed by atoms with E-state index in [-0.39, 0.29) is 17.9 Å². The summed E-state index contributed by atoms with van der Waals surface area (Å²) in [6, 6.07) is 22.6. The zero-order valence-electron chi connectivity index (χ0n) is 18.1. The van der Waals surface area contributed by atoms with Gasteiger partial charge in [-0.3, -0.25) is 15.0 Å². The molecule has 5 rings (SSSR count). The van der Waals surface area contributed by atoms with Crippen molar-refractivity contribution in [2.24, 2.45) is 0 Å². The van der Waals surface area contributed by atoms with Gasteiger partial charge in [-0.15, -0.1) is 0 Å². The van der Waals surface area contributed by atoms with E-state index in [0.717, 1.165) is 22.0 Å². The van der Waals surface area contributed by atoms with Gasteiger partial charge in [-0.2, -0.15) is 4.68 Å². The van der Waals surface area contributed by atoms with E-state index in [1.807, 2.05) is 60.8 Å². The van der Waals surface area contributed by atoms with Gasteiger partial charge in [0.05, 0.1) is 10.9 Å². The minimum absolute atomic E-state index is 0.238. The average Bonchev–Trinajstić information content (AvgIpc) is 3.27. The van der Waals surface area contributed by atoms with Crippen molar-refractivity contribution in [3.63, 3.8) is 0 Å². The third kappa shape index (κ3) is 4.71. The molecule has 0 aliphatic rings. The van der Waals surface area contributed by atoms with Gasteiger partial charge in [0.1, 0.15) is 0 Å². The number of H-pyrrole nitrogens is 1. The number of hydrogen-bond acceptors (Lipinski definition) is 4. The molecule has 0 saturated carbocycles. The number of aryl methyl sites for hydroxylation is 1. The lowest BCUT2D eigenvalue weighted by Gasteiger charge is -2.14. The van der Waals surface area contributed by atoms with Gasteiger partial charge in [-0.1, -0.05) is 65.8 Å². The maximum absolute atomic E-state index is 13.2. The van der Waals surface area contributed by atoms with Crippen molar-refractivity contribution in [1.82, 2.24) is 14.6 Å². The summed E-state index contributed by atoms with van der Waals surface area (Å²) in [4.78, 5) is 34.0. The lowest BCUT2D eigenvalue weighted by molar-refractivity contribution is -0.117. The topological polar surface area (TPSA) is 79.8 Å². The minimum atomic E-state index is -0.301. The molecule has 0 unspecified atom stereocenters. The summed E-state index contributed by atoms with van der Waals surface area (Å²) in [5, 5.41) is 2.64. The Kier molecular flexibility index (Phi) is 6.38. The van der Waals surface area contributed by atoms with Crippen LogP contribution in [0.4, 0.5) is 0 Å². The summed E-state index contributed by atoms with van der Waals surface area (Å²) in [6.07, 6.45) is 2.72. The highest BCUT2D eigenvalue weighted by Gasteiger charge is 2.15. The van der Waals surface area contributed by atoms with Gasteiger partial charge in [0, 0.05) is 34.3 Å². The second-order valence-corrected chi connectivity index (χ2v) is 9.24. The molecule has 2 N–H and O–H groups in total. The van der Waals surface area contributed by atoms with E-state index in [4.69, 9.17) is 11.6 Å². The van der Waals surface area contributed by atoms with Crippen LogP contribution in [0.25, 0.3) is 21.8 Å². The Balaban J connectivity index is 1.38. The molecule has 0 fully saturated rings. The van der Waals surface area contributed by atoms with E-state index in [1.165, 1.54) is 16.4 Å². The molecule has 0 saturated heterocycles. The van der Waals surface area contributed by atoms with Crippen LogP contribution in [-0.4, -0.2) is 20.6 Å². The largest absolute Gasteiger partial charge is 0.361 e. The fraction of sp³-hybridized carbons (Fsp3) is 0.115. The SMILES string of the molecule is O=C(CCc1c[nH]c2ccccc12)Nn1c(SCc2ccc(Cl)cc2)nc2ccccc2c1=O. The van der Waals surface area contributed by atoms with Gasteiger partial charge in [-0.25, -0.2) is 4.98 Å². The van der Waals surface area contributed by atoms with E-state index < -0.39 is 0 Å². The van der Waals surface area contributed by atoms with Gasteiger partial charge in [-0.05, 0) is 47.9 Å². The number of nitrogens with one attached hydrogen (secondary N) is 2. The number of halogens is 1. The lowest BCUT2D eigenvalue weighted by atomic mass is 10.1. The van der Waals surface area contributed by atoms with E-state index in [2.05, 4.69) is 15.4 Å². The molecule has 5 aromatic rings. The smallest absolute Gasteiger partial charge is 0.281 e. The summed E-state index contributed by atoms with van der Waals surface area (Å²) < 4.78 is 1.26. The molecule has 0 bridgehead atoms. The second kappa shape index (κ2) is 9.75. The highest BCUT2D eigenvalue weighted by atomic mass is 35.5. The number of thioether (sulfide) groups is 1. The van der Waals surface area contributed by atoms with Crippen LogP contribution in [0.15, 0.2) is 88.9 Å². The van der Waals surface area contributed by atoms with Gasteiger partial charge in [0.15, 0.2) is 5.16 Å². The van der Waals surface area contributed by atoms with Crippen molar-refractivity contribution in [2.75, 3.05) is 5.43 Å². The maximum atomic E-state index is 13.2. The van der Waals surface area contributed by atoms with Crippen LogP contribution in [0, 0.1) is 0 Å². The van der Waals surface area contributed by atoms with Crippen molar-refractivity contribution >= 4 is 51.1 Å². The number of carbonyl (C=O) groups excluding carboxylic acids is 1. The zero-order valence-corrected chi connectivity index (χ0v) is 19.7. The Morgan fingerprint density at radius 3 is 2.56 bits per heavy atom. The van der Waals surface area contributed by atoms with Gasteiger partial charge in [0.25, 0.3) is 5.56 Å². The van der Waals surface area contributed by atoms with Crippen molar-refractivity contribution < 1.29 is 4.79 Å². The number of hydrogen-bond donors (Lipinski definition) is 2. The Morgan fingerprint density at radius 1 is 1.00 bits per heavy atom. The number of nitrogens with zero attached hydrogens (tertiary/aromatic N) is 2. The Labute approximate surface area is 204 Å². The van der Waals surface area contributed by atoms with Crippen molar-refractivity contribution in [2.45, 2.75) is 23.8 Å². The molecule has 2 heterocycles. The molecular formula is C26H21ClN4O2S. The number of aromatic nitrogens is 3. The summed E-state index contributed by atoms with van der Waals surface area (Å²) >= 11 is 7.37. The fourth-order valence-electron chi connectivity index (χ4n) is 3.80. The average molecular weight is 489 g/mol.